The second kappa shape index (κ2) is 12.6. The second-order valence-electron chi connectivity index (χ2n) is 5.87. The van der Waals surface area contributed by atoms with Gasteiger partial charge in [-0.15, -0.1) is 0 Å². The molecule has 0 rings (SSSR count). The van der Waals surface area contributed by atoms with Crippen molar-refractivity contribution in [2.45, 2.75) is 52.2 Å². The van der Waals surface area contributed by atoms with Crippen molar-refractivity contribution in [3.05, 3.63) is 0 Å². The molecule has 0 aromatic rings. The minimum Gasteiger partial charge on any atom is -0.388 e. The van der Waals surface area contributed by atoms with Gasteiger partial charge in [0, 0.05) is 52.5 Å². The van der Waals surface area contributed by atoms with Crippen LogP contribution in [0.25, 0.3) is 0 Å². The van der Waals surface area contributed by atoms with E-state index in [1.54, 1.807) is 14.2 Å². The smallest absolute Gasteiger partial charge is 0.388 e. The van der Waals surface area contributed by atoms with Gasteiger partial charge in [-0.2, -0.15) is 0 Å². The van der Waals surface area contributed by atoms with Gasteiger partial charge in [-0.25, -0.2) is 0 Å². The summed E-state index contributed by atoms with van der Waals surface area (Å²) in [6.07, 6.45) is 3.93. The lowest BCUT2D eigenvalue weighted by molar-refractivity contribution is 0.0707. The molecule has 5 nitrogen and oxygen atoms in total. The van der Waals surface area contributed by atoms with Gasteiger partial charge in [0.2, 0.25) is 0 Å². The Morgan fingerprint density at radius 1 is 0.682 bits per heavy atom. The Balaban J connectivity index is 4.41. The third-order valence-corrected chi connectivity index (χ3v) is 10.3. The minimum atomic E-state index is -2.48. The predicted molar refractivity (Wildman–Crippen MR) is 94.9 cm³/mol. The Kier molecular flexibility index (Phi) is 12.8. The third kappa shape index (κ3) is 8.76. The number of rotatable bonds is 15. The van der Waals surface area contributed by atoms with Gasteiger partial charge in [-0.1, -0.05) is 19.0 Å². The van der Waals surface area contributed by atoms with Gasteiger partial charge in [0.15, 0.2) is 0 Å². The summed E-state index contributed by atoms with van der Waals surface area (Å²) in [5.74, 6) is 0. The maximum Gasteiger partial charge on any atom is 0.500 e. The van der Waals surface area contributed by atoms with E-state index in [2.05, 4.69) is 6.55 Å². The van der Waals surface area contributed by atoms with Crippen LogP contribution in [0.4, 0.5) is 0 Å². The molecule has 0 saturated carbocycles. The van der Waals surface area contributed by atoms with Gasteiger partial charge in [0.25, 0.3) is 0 Å². The van der Waals surface area contributed by atoms with E-state index in [1.807, 2.05) is 20.8 Å². The van der Waals surface area contributed by atoms with Crippen LogP contribution in [0.3, 0.4) is 0 Å². The molecule has 0 aliphatic carbocycles. The Hall–Kier alpha value is 0.234. The number of methoxy groups -OCH3 is 2. The monoisotopic (exact) mass is 352 g/mol. The first-order valence-electron chi connectivity index (χ1n) is 8.41. The van der Waals surface area contributed by atoms with E-state index in [1.165, 1.54) is 6.04 Å². The van der Waals surface area contributed by atoms with Gasteiger partial charge >= 0.3 is 8.80 Å². The summed E-state index contributed by atoms with van der Waals surface area (Å²) in [6, 6.07) is 2.09. The number of unbranched alkanes of at least 4 members (excludes halogenated alkanes) is 1. The van der Waals surface area contributed by atoms with Crippen LogP contribution in [0, 0.1) is 0 Å². The van der Waals surface area contributed by atoms with Crippen LogP contribution < -0.4 is 0 Å². The fraction of sp³-hybridized carbons (Fsp3) is 1.00. The molecular weight excluding hydrogens is 316 g/mol. The van der Waals surface area contributed by atoms with Crippen LogP contribution in [0.1, 0.15) is 33.6 Å². The number of ether oxygens (including phenoxy) is 2. The van der Waals surface area contributed by atoms with Gasteiger partial charge in [0.1, 0.15) is 8.07 Å². The Labute approximate surface area is 139 Å². The molecule has 0 aliphatic rings. The molecule has 7 heteroatoms. The molecule has 0 amide bonds. The van der Waals surface area contributed by atoms with E-state index in [4.69, 9.17) is 22.8 Å². The molecule has 134 valence electrons. The van der Waals surface area contributed by atoms with Crippen molar-refractivity contribution < 1.29 is 22.8 Å². The third-order valence-electron chi connectivity index (χ3n) is 3.59. The molecule has 0 aliphatic heterocycles. The molecule has 0 atom stereocenters. The summed E-state index contributed by atoms with van der Waals surface area (Å²) >= 11 is 0. The zero-order chi connectivity index (χ0) is 16.9. The van der Waals surface area contributed by atoms with E-state index >= 15 is 0 Å². The quantitative estimate of drug-likeness (QED) is 0.334. The summed E-state index contributed by atoms with van der Waals surface area (Å²) in [6.45, 7) is 10.3. The van der Waals surface area contributed by atoms with E-state index in [0.29, 0.717) is 19.8 Å². The standard InChI is InChI=1S/C15H36O5Si2/c1-7-18-22(19-8-2,20-9-3)13-11-10-12-21(6,14-16-4)15-17-5/h7-15H2,1-6H3. The molecule has 0 heterocycles. The largest absolute Gasteiger partial charge is 0.500 e. The average molecular weight is 353 g/mol. The van der Waals surface area contributed by atoms with Gasteiger partial charge in [-0.3, -0.25) is 0 Å². The zero-order valence-electron chi connectivity index (χ0n) is 15.4. The van der Waals surface area contributed by atoms with Crippen molar-refractivity contribution in [1.29, 1.82) is 0 Å². The van der Waals surface area contributed by atoms with Crippen LogP contribution >= 0.6 is 0 Å². The van der Waals surface area contributed by atoms with Crippen molar-refractivity contribution in [2.75, 3.05) is 46.5 Å². The predicted octanol–water partition coefficient (Wildman–Crippen LogP) is 3.26. The lowest BCUT2D eigenvalue weighted by atomic mass is 10.4. The van der Waals surface area contributed by atoms with Gasteiger partial charge < -0.3 is 22.8 Å². The van der Waals surface area contributed by atoms with Crippen molar-refractivity contribution >= 4 is 16.9 Å². The minimum absolute atomic E-state index is 0.645. The Morgan fingerprint density at radius 3 is 1.45 bits per heavy atom. The van der Waals surface area contributed by atoms with Crippen molar-refractivity contribution in [1.82, 2.24) is 0 Å². The fourth-order valence-electron chi connectivity index (χ4n) is 2.78. The molecule has 0 unspecified atom stereocenters. The number of hydrogen-bond acceptors (Lipinski definition) is 5. The molecule has 0 fully saturated rings. The van der Waals surface area contributed by atoms with E-state index in [-0.39, 0.29) is 0 Å². The van der Waals surface area contributed by atoms with E-state index in [0.717, 1.165) is 31.3 Å². The first-order chi connectivity index (χ1) is 10.5. The molecule has 0 radical (unpaired) electrons. The summed E-state index contributed by atoms with van der Waals surface area (Å²) in [4.78, 5) is 0. The summed E-state index contributed by atoms with van der Waals surface area (Å²) in [5.41, 5.74) is 0. The Morgan fingerprint density at radius 2 is 1.09 bits per heavy atom. The fourth-order valence-corrected chi connectivity index (χ4v) is 8.33. The van der Waals surface area contributed by atoms with Crippen molar-refractivity contribution in [3.63, 3.8) is 0 Å². The van der Waals surface area contributed by atoms with Crippen LogP contribution in [0.15, 0.2) is 0 Å². The maximum atomic E-state index is 5.89. The van der Waals surface area contributed by atoms with Gasteiger partial charge in [-0.05, 0) is 27.2 Å². The highest BCUT2D eigenvalue weighted by Crippen LogP contribution is 2.22. The normalized spacial score (nSPS) is 12.8. The molecule has 22 heavy (non-hydrogen) atoms. The van der Waals surface area contributed by atoms with Crippen LogP contribution in [0.5, 0.6) is 0 Å². The SMILES string of the molecule is CCO[Si](CCCC[Si](C)(COC)COC)(OCC)OCC. The molecular formula is C15H36O5Si2. The van der Waals surface area contributed by atoms with Crippen LogP contribution in [-0.2, 0) is 22.8 Å². The van der Waals surface area contributed by atoms with Gasteiger partial charge in [0.05, 0.1) is 0 Å². The summed E-state index contributed by atoms with van der Waals surface area (Å²) in [7, 11) is -0.377. The zero-order valence-corrected chi connectivity index (χ0v) is 17.4. The highest BCUT2D eigenvalue weighted by Gasteiger charge is 2.39. The van der Waals surface area contributed by atoms with Crippen molar-refractivity contribution in [3.8, 4) is 0 Å². The first kappa shape index (κ1) is 22.2. The maximum absolute atomic E-state index is 5.89. The van der Waals surface area contributed by atoms with E-state index < -0.39 is 16.9 Å². The molecule has 0 spiro atoms. The highest BCUT2D eigenvalue weighted by atomic mass is 28.4. The highest BCUT2D eigenvalue weighted by molar-refractivity contribution is 6.78. The first-order valence-corrected chi connectivity index (χ1v) is 13.5. The molecule has 0 bridgehead atoms. The molecule has 0 aromatic carbocycles. The lowest BCUT2D eigenvalue weighted by Crippen LogP contribution is -2.46. The lowest BCUT2D eigenvalue weighted by Gasteiger charge is -2.29. The summed E-state index contributed by atoms with van der Waals surface area (Å²) in [5, 5.41) is 0. The molecule has 0 aromatic heterocycles. The molecule has 0 N–H and O–H groups in total. The van der Waals surface area contributed by atoms with Crippen LogP contribution in [-0.4, -0.2) is 63.4 Å². The van der Waals surface area contributed by atoms with Crippen molar-refractivity contribution in [2.24, 2.45) is 0 Å². The molecule has 0 saturated heterocycles. The second-order valence-corrected chi connectivity index (χ2v) is 13.3. The van der Waals surface area contributed by atoms with Crippen LogP contribution in [0.2, 0.25) is 18.6 Å². The topological polar surface area (TPSA) is 46.2 Å². The summed E-state index contributed by atoms with van der Waals surface area (Å²) < 4.78 is 28.5. The van der Waals surface area contributed by atoms with E-state index in [9.17, 15) is 0 Å². The number of hydrogen-bond donors (Lipinski definition) is 0. The Bertz CT molecular complexity index is 243. The average Bonchev–Trinajstić information content (AvgIpc) is 2.45.